The molecule has 0 saturated heterocycles. The Bertz CT molecular complexity index is 417. The van der Waals surface area contributed by atoms with Crippen LogP contribution in [-0.2, 0) is 11.2 Å². The van der Waals surface area contributed by atoms with Gasteiger partial charge in [-0.3, -0.25) is 9.59 Å². The topological polar surface area (TPSA) is 34.1 Å². The lowest BCUT2D eigenvalue weighted by Gasteiger charge is -2.19. The van der Waals surface area contributed by atoms with Gasteiger partial charge in [-0.05, 0) is 24.8 Å². The van der Waals surface area contributed by atoms with Crippen LogP contribution in [0.2, 0.25) is 0 Å². The molecule has 0 bridgehead atoms. The average molecular weight is 230 g/mol. The fourth-order valence-corrected chi connectivity index (χ4v) is 2.39. The molecule has 0 heterocycles. The van der Waals surface area contributed by atoms with Crippen LogP contribution >= 0.6 is 0 Å². The van der Waals surface area contributed by atoms with Crippen molar-refractivity contribution in [3.63, 3.8) is 0 Å². The van der Waals surface area contributed by atoms with Crippen LogP contribution < -0.4 is 0 Å². The third kappa shape index (κ3) is 2.82. The minimum Gasteiger partial charge on any atom is -0.300 e. The smallest absolute Gasteiger partial charge is 0.166 e. The average Bonchev–Trinajstić information content (AvgIpc) is 2.38. The maximum absolute atomic E-state index is 12.2. The fraction of sp³-hybridized carbons (Fsp3) is 0.467. The van der Waals surface area contributed by atoms with Crippen LogP contribution in [0.1, 0.15) is 48.5 Å². The molecular weight excluding hydrogens is 212 g/mol. The molecule has 2 heteroatoms. The standard InChI is InChI=1S/C15H18O2/c1-2-11-6-8-12(9-7-11)15(17)13-4-3-5-14(16)10-13/h6-9,13H,2-5,10H2,1H3. The van der Waals surface area contributed by atoms with E-state index in [9.17, 15) is 9.59 Å². The Hall–Kier alpha value is -1.44. The number of carbonyl (C=O) groups is 2. The molecule has 2 rings (SSSR count). The molecule has 0 aliphatic heterocycles. The quantitative estimate of drug-likeness (QED) is 0.747. The molecule has 1 aromatic rings. The number of aryl methyl sites for hydroxylation is 1. The van der Waals surface area contributed by atoms with Crippen molar-refractivity contribution in [1.82, 2.24) is 0 Å². The van der Waals surface area contributed by atoms with E-state index in [1.807, 2.05) is 24.3 Å². The molecule has 1 saturated carbocycles. The molecule has 0 spiro atoms. The first-order valence-electron chi connectivity index (χ1n) is 6.35. The van der Waals surface area contributed by atoms with Gasteiger partial charge in [0, 0.05) is 24.3 Å². The van der Waals surface area contributed by atoms with E-state index in [0.717, 1.165) is 24.8 Å². The Morgan fingerprint density at radius 3 is 2.59 bits per heavy atom. The van der Waals surface area contributed by atoms with Gasteiger partial charge in [-0.25, -0.2) is 0 Å². The molecule has 0 radical (unpaired) electrons. The number of benzene rings is 1. The highest BCUT2D eigenvalue weighted by Gasteiger charge is 2.26. The van der Waals surface area contributed by atoms with E-state index in [1.54, 1.807) is 0 Å². The van der Waals surface area contributed by atoms with Crippen molar-refractivity contribution in [2.24, 2.45) is 5.92 Å². The second kappa shape index (κ2) is 5.26. The van der Waals surface area contributed by atoms with Crippen molar-refractivity contribution < 1.29 is 9.59 Å². The van der Waals surface area contributed by atoms with Gasteiger partial charge >= 0.3 is 0 Å². The van der Waals surface area contributed by atoms with Gasteiger partial charge in [0.2, 0.25) is 0 Å². The molecule has 1 aliphatic rings. The highest BCUT2D eigenvalue weighted by Crippen LogP contribution is 2.25. The minimum atomic E-state index is -0.0799. The molecule has 1 fully saturated rings. The van der Waals surface area contributed by atoms with E-state index in [-0.39, 0.29) is 17.5 Å². The summed E-state index contributed by atoms with van der Waals surface area (Å²) < 4.78 is 0. The van der Waals surface area contributed by atoms with Gasteiger partial charge in [0.25, 0.3) is 0 Å². The van der Waals surface area contributed by atoms with E-state index < -0.39 is 0 Å². The molecule has 17 heavy (non-hydrogen) atoms. The van der Waals surface area contributed by atoms with Crippen LogP contribution in [0.3, 0.4) is 0 Å². The number of Topliss-reactive ketones (excluding diaryl/α,β-unsaturated/α-hetero) is 2. The molecule has 0 aromatic heterocycles. The first kappa shape index (κ1) is 12.0. The highest BCUT2D eigenvalue weighted by atomic mass is 16.1. The summed E-state index contributed by atoms with van der Waals surface area (Å²) >= 11 is 0. The van der Waals surface area contributed by atoms with E-state index >= 15 is 0 Å². The Labute approximate surface area is 102 Å². The molecule has 0 amide bonds. The molecule has 1 unspecified atom stereocenters. The SMILES string of the molecule is CCc1ccc(C(=O)C2CCCC(=O)C2)cc1. The molecule has 1 atom stereocenters. The molecular formula is C15H18O2. The number of hydrogen-bond acceptors (Lipinski definition) is 2. The first-order valence-corrected chi connectivity index (χ1v) is 6.35. The fourth-order valence-electron chi connectivity index (χ4n) is 2.39. The number of hydrogen-bond donors (Lipinski definition) is 0. The van der Waals surface area contributed by atoms with Crippen LogP contribution in [0, 0.1) is 5.92 Å². The molecule has 90 valence electrons. The normalized spacial score (nSPS) is 20.3. The van der Waals surface area contributed by atoms with E-state index in [0.29, 0.717) is 12.8 Å². The number of ketones is 2. The van der Waals surface area contributed by atoms with Gasteiger partial charge in [-0.15, -0.1) is 0 Å². The Kier molecular flexibility index (Phi) is 3.72. The van der Waals surface area contributed by atoms with E-state index in [2.05, 4.69) is 6.92 Å². The third-order valence-corrected chi connectivity index (χ3v) is 3.50. The summed E-state index contributed by atoms with van der Waals surface area (Å²) in [6, 6.07) is 7.77. The molecule has 2 nitrogen and oxygen atoms in total. The summed E-state index contributed by atoms with van der Waals surface area (Å²) in [6.07, 6.45) is 3.80. The van der Waals surface area contributed by atoms with Gasteiger partial charge in [0.05, 0.1) is 0 Å². The minimum absolute atomic E-state index is 0.0799. The van der Waals surface area contributed by atoms with Crippen molar-refractivity contribution in [3.05, 3.63) is 35.4 Å². The van der Waals surface area contributed by atoms with Crippen molar-refractivity contribution >= 4 is 11.6 Å². The summed E-state index contributed by atoms with van der Waals surface area (Å²) in [6.45, 7) is 2.09. The van der Waals surface area contributed by atoms with Gasteiger partial charge < -0.3 is 0 Å². The summed E-state index contributed by atoms with van der Waals surface area (Å²) in [5.74, 6) is 0.296. The number of rotatable bonds is 3. The van der Waals surface area contributed by atoms with Crippen LogP contribution in [0.15, 0.2) is 24.3 Å². The largest absolute Gasteiger partial charge is 0.300 e. The van der Waals surface area contributed by atoms with Crippen LogP contribution in [0.25, 0.3) is 0 Å². The molecule has 1 aliphatic carbocycles. The van der Waals surface area contributed by atoms with Crippen LogP contribution in [-0.4, -0.2) is 11.6 Å². The van der Waals surface area contributed by atoms with Crippen LogP contribution in [0.4, 0.5) is 0 Å². The summed E-state index contributed by atoms with van der Waals surface area (Å²) in [4.78, 5) is 23.6. The molecule has 1 aromatic carbocycles. The van der Waals surface area contributed by atoms with Crippen molar-refractivity contribution in [1.29, 1.82) is 0 Å². The first-order chi connectivity index (χ1) is 8.20. The molecule has 0 N–H and O–H groups in total. The summed E-state index contributed by atoms with van der Waals surface area (Å²) in [5, 5.41) is 0. The zero-order valence-electron chi connectivity index (χ0n) is 10.2. The van der Waals surface area contributed by atoms with Gasteiger partial charge in [0.1, 0.15) is 5.78 Å². The van der Waals surface area contributed by atoms with E-state index in [1.165, 1.54) is 5.56 Å². The van der Waals surface area contributed by atoms with E-state index in [4.69, 9.17) is 0 Å². The Morgan fingerprint density at radius 2 is 2.00 bits per heavy atom. The van der Waals surface area contributed by atoms with Crippen molar-refractivity contribution in [2.75, 3.05) is 0 Å². The lowest BCUT2D eigenvalue weighted by molar-refractivity contribution is -0.121. The maximum Gasteiger partial charge on any atom is 0.166 e. The second-order valence-electron chi connectivity index (χ2n) is 4.75. The lowest BCUT2D eigenvalue weighted by atomic mass is 9.83. The van der Waals surface area contributed by atoms with Gasteiger partial charge in [-0.1, -0.05) is 31.2 Å². The zero-order chi connectivity index (χ0) is 12.3. The third-order valence-electron chi connectivity index (χ3n) is 3.50. The summed E-state index contributed by atoms with van der Waals surface area (Å²) in [5.41, 5.74) is 1.99. The zero-order valence-corrected chi connectivity index (χ0v) is 10.2. The van der Waals surface area contributed by atoms with Crippen molar-refractivity contribution in [3.8, 4) is 0 Å². The highest BCUT2D eigenvalue weighted by molar-refractivity contribution is 6.00. The van der Waals surface area contributed by atoms with Crippen molar-refractivity contribution in [2.45, 2.75) is 39.0 Å². The Balaban J connectivity index is 2.10. The van der Waals surface area contributed by atoms with Gasteiger partial charge in [0.15, 0.2) is 5.78 Å². The second-order valence-corrected chi connectivity index (χ2v) is 4.75. The predicted molar refractivity (Wildman–Crippen MR) is 67.1 cm³/mol. The monoisotopic (exact) mass is 230 g/mol. The van der Waals surface area contributed by atoms with Crippen LogP contribution in [0.5, 0.6) is 0 Å². The van der Waals surface area contributed by atoms with Gasteiger partial charge in [-0.2, -0.15) is 0 Å². The lowest BCUT2D eigenvalue weighted by Crippen LogP contribution is -2.22. The number of carbonyl (C=O) groups excluding carboxylic acids is 2. The predicted octanol–water partition coefficient (Wildman–Crippen LogP) is 3.19. The summed E-state index contributed by atoms with van der Waals surface area (Å²) in [7, 11) is 0. The maximum atomic E-state index is 12.2. The Morgan fingerprint density at radius 1 is 1.29 bits per heavy atom.